The van der Waals surface area contributed by atoms with Crippen molar-refractivity contribution in [2.24, 2.45) is 0 Å². The average Bonchev–Trinajstić information content (AvgIpc) is 2.52. The molecule has 0 aliphatic rings. The molecule has 1 aromatic heterocycles. The van der Waals surface area contributed by atoms with E-state index >= 15 is 0 Å². The summed E-state index contributed by atoms with van der Waals surface area (Å²) >= 11 is 3.32. The SMILES string of the molecule is COc1ccc(-c2c(C#N)c(N)n(N)c(=O)c2C#N)cc1Br. The molecule has 0 aliphatic carbocycles. The molecule has 1 heterocycles. The number of nitriles is 2. The summed E-state index contributed by atoms with van der Waals surface area (Å²) < 4.78 is 6.33. The number of nitrogens with two attached hydrogens (primary N) is 2. The molecule has 2 aromatic rings. The summed E-state index contributed by atoms with van der Waals surface area (Å²) in [6.07, 6.45) is 0. The number of hydrogen-bond acceptors (Lipinski definition) is 6. The maximum absolute atomic E-state index is 12.1. The van der Waals surface area contributed by atoms with Gasteiger partial charge in [0.1, 0.15) is 34.8 Å². The van der Waals surface area contributed by atoms with Gasteiger partial charge >= 0.3 is 0 Å². The van der Waals surface area contributed by atoms with Crippen LogP contribution in [-0.4, -0.2) is 11.8 Å². The fraction of sp³-hybridized carbons (Fsp3) is 0.0714. The third-order valence-corrected chi connectivity index (χ3v) is 3.73. The van der Waals surface area contributed by atoms with Crippen LogP contribution in [-0.2, 0) is 0 Å². The normalized spacial score (nSPS) is 9.82. The number of nitrogen functional groups attached to an aromatic ring is 2. The summed E-state index contributed by atoms with van der Waals surface area (Å²) in [5.41, 5.74) is 5.31. The summed E-state index contributed by atoms with van der Waals surface area (Å²) in [4.78, 5) is 12.1. The molecule has 8 heteroatoms. The molecule has 0 radical (unpaired) electrons. The highest BCUT2D eigenvalue weighted by Gasteiger charge is 2.21. The molecule has 0 aliphatic heterocycles. The Morgan fingerprint density at radius 2 is 1.91 bits per heavy atom. The number of ether oxygens (including phenoxy) is 1. The van der Waals surface area contributed by atoms with Gasteiger partial charge in [-0.2, -0.15) is 10.5 Å². The molecule has 0 spiro atoms. The van der Waals surface area contributed by atoms with Gasteiger partial charge in [-0.25, -0.2) is 4.68 Å². The second-order valence-electron chi connectivity index (χ2n) is 4.26. The maximum Gasteiger partial charge on any atom is 0.289 e. The minimum atomic E-state index is -0.763. The van der Waals surface area contributed by atoms with Crippen LogP contribution in [0.2, 0.25) is 0 Å². The second kappa shape index (κ2) is 5.80. The molecule has 0 bridgehead atoms. The van der Waals surface area contributed by atoms with Gasteiger partial charge in [0.05, 0.1) is 11.6 Å². The van der Waals surface area contributed by atoms with Crippen LogP contribution in [0.25, 0.3) is 11.1 Å². The Kier molecular flexibility index (Phi) is 4.06. The van der Waals surface area contributed by atoms with Gasteiger partial charge in [-0.1, -0.05) is 6.07 Å². The van der Waals surface area contributed by atoms with Crippen molar-refractivity contribution in [2.75, 3.05) is 18.7 Å². The summed E-state index contributed by atoms with van der Waals surface area (Å²) in [6, 6.07) is 8.58. The highest BCUT2D eigenvalue weighted by atomic mass is 79.9. The molecule has 0 amide bonds. The van der Waals surface area contributed by atoms with Crippen molar-refractivity contribution < 1.29 is 4.74 Å². The van der Waals surface area contributed by atoms with Crippen LogP contribution >= 0.6 is 15.9 Å². The molecule has 4 N–H and O–H groups in total. The van der Waals surface area contributed by atoms with Crippen LogP contribution in [0.1, 0.15) is 11.1 Å². The number of hydrogen-bond donors (Lipinski definition) is 2. The number of rotatable bonds is 2. The standard InChI is InChI=1S/C14H10BrN5O2/c1-22-11-3-2-7(4-10(11)15)12-8(5-16)13(18)20(19)14(21)9(12)6-17/h2-4H,18-19H2,1H3. The van der Waals surface area contributed by atoms with Gasteiger partial charge in [-0.15, -0.1) is 0 Å². The van der Waals surface area contributed by atoms with E-state index in [4.69, 9.17) is 16.3 Å². The van der Waals surface area contributed by atoms with Crippen molar-refractivity contribution in [1.82, 2.24) is 4.68 Å². The first-order chi connectivity index (χ1) is 10.5. The Morgan fingerprint density at radius 3 is 2.41 bits per heavy atom. The lowest BCUT2D eigenvalue weighted by Crippen LogP contribution is -2.33. The number of benzene rings is 1. The maximum atomic E-state index is 12.1. The number of aromatic nitrogens is 1. The lowest BCUT2D eigenvalue weighted by Gasteiger charge is -2.13. The van der Waals surface area contributed by atoms with E-state index in [9.17, 15) is 15.3 Å². The van der Waals surface area contributed by atoms with E-state index in [1.165, 1.54) is 7.11 Å². The van der Waals surface area contributed by atoms with Gasteiger partial charge in [0, 0.05) is 5.56 Å². The molecule has 0 atom stereocenters. The van der Waals surface area contributed by atoms with Crippen molar-refractivity contribution in [1.29, 1.82) is 10.5 Å². The largest absolute Gasteiger partial charge is 0.496 e. The zero-order valence-electron chi connectivity index (χ0n) is 11.4. The monoisotopic (exact) mass is 359 g/mol. The number of anilines is 1. The lowest BCUT2D eigenvalue weighted by atomic mass is 9.96. The first-order valence-electron chi connectivity index (χ1n) is 5.93. The first-order valence-corrected chi connectivity index (χ1v) is 6.73. The van der Waals surface area contributed by atoms with E-state index in [0.717, 1.165) is 0 Å². The van der Waals surface area contributed by atoms with Crippen LogP contribution in [0.4, 0.5) is 5.82 Å². The second-order valence-corrected chi connectivity index (χ2v) is 5.11. The molecular formula is C14H10BrN5O2. The van der Waals surface area contributed by atoms with Crippen molar-refractivity contribution in [3.05, 3.63) is 44.2 Å². The van der Waals surface area contributed by atoms with Gasteiger partial charge < -0.3 is 16.3 Å². The molecular weight excluding hydrogens is 350 g/mol. The molecule has 22 heavy (non-hydrogen) atoms. The van der Waals surface area contributed by atoms with E-state index in [1.807, 2.05) is 6.07 Å². The average molecular weight is 360 g/mol. The molecule has 2 rings (SSSR count). The van der Waals surface area contributed by atoms with Crippen molar-refractivity contribution in [3.8, 4) is 29.0 Å². The van der Waals surface area contributed by atoms with E-state index in [-0.39, 0.29) is 22.5 Å². The van der Waals surface area contributed by atoms with E-state index in [1.54, 1.807) is 24.3 Å². The minimum absolute atomic E-state index is 0.0317. The molecule has 7 nitrogen and oxygen atoms in total. The number of nitrogens with zero attached hydrogens (tertiary/aromatic N) is 3. The predicted molar refractivity (Wildman–Crippen MR) is 84.4 cm³/mol. The Hall–Kier alpha value is -2.97. The Morgan fingerprint density at radius 1 is 1.27 bits per heavy atom. The first kappa shape index (κ1) is 15.4. The number of pyridine rings is 1. The topological polar surface area (TPSA) is 131 Å². The molecule has 0 fully saturated rings. The van der Waals surface area contributed by atoms with Crippen LogP contribution in [0.5, 0.6) is 5.75 Å². The van der Waals surface area contributed by atoms with Gasteiger partial charge in [0.15, 0.2) is 0 Å². The Balaban J connectivity index is 2.92. The third-order valence-electron chi connectivity index (χ3n) is 3.11. The zero-order chi connectivity index (χ0) is 16.4. The van der Waals surface area contributed by atoms with Crippen LogP contribution < -0.4 is 21.9 Å². The Bertz CT molecular complexity index is 905. The molecule has 0 saturated carbocycles. The van der Waals surface area contributed by atoms with Gasteiger partial charge in [0.25, 0.3) is 5.56 Å². The van der Waals surface area contributed by atoms with Crippen LogP contribution in [0, 0.1) is 22.7 Å². The predicted octanol–water partition coefficient (Wildman–Crippen LogP) is 1.33. The minimum Gasteiger partial charge on any atom is -0.496 e. The summed E-state index contributed by atoms with van der Waals surface area (Å²) in [7, 11) is 1.51. The summed E-state index contributed by atoms with van der Waals surface area (Å²) in [6.45, 7) is 0. The number of halogens is 1. The van der Waals surface area contributed by atoms with Crippen molar-refractivity contribution in [3.63, 3.8) is 0 Å². The highest BCUT2D eigenvalue weighted by molar-refractivity contribution is 9.10. The summed E-state index contributed by atoms with van der Waals surface area (Å²) in [5.74, 6) is 5.87. The zero-order valence-corrected chi connectivity index (χ0v) is 13.0. The van der Waals surface area contributed by atoms with Crippen molar-refractivity contribution in [2.45, 2.75) is 0 Å². The van der Waals surface area contributed by atoms with E-state index in [2.05, 4.69) is 15.9 Å². The molecule has 110 valence electrons. The van der Waals surface area contributed by atoms with Crippen LogP contribution in [0.15, 0.2) is 27.5 Å². The Labute approximate surface area is 134 Å². The lowest BCUT2D eigenvalue weighted by molar-refractivity contribution is 0.412. The third kappa shape index (κ3) is 2.26. The molecule has 1 aromatic carbocycles. The quantitative estimate of drug-likeness (QED) is 0.777. The van der Waals surface area contributed by atoms with E-state index in [0.29, 0.717) is 20.5 Å². The van der Waals surface area contributed by atoms with Gasteiger partial charge in [-0.3, -0.25) is 4.79 Å². The summed E-state index contributed by atoms with van der Waals surface area (Å²) in [5, 5.41) is 18.6. The fourth-order valence-corrected chi connectivity index (χ4v) is 2.58. The van der Waals surface area contributed by atoms with Crippen LogP contribution in [0.3, 0.4) is 0 Å². The fourth-order valence-electron chi connectivity index (χ4n) is 2.04. The smallest absolute Gasteiger partial charge is 0.289 e. The van der Waals surface area contributed by atoms with E-state index < -0.39 is 5.56 Å². The highest BCUT2D eigenvalue weighted by Crippen LogP contribution is 2.34. The number of methoxy groups -OCH3 is 1. The van der Waals surface area contributed by atoms with Gasteiger partial charge in [-0.05, 0) is 33.6 Å². The molecule has 0 saturated heterocycles. The molecule has 0 unspecified atom stereocenters. The van der Waals surface area contributed by atoms with Gasteiger partial charge in [0.2, 0.25) is 0 Å². The van der Waals surface area contributed by atoms with Crippen molar-refractivity contribution >= 4 is 21.7 Å².